The Balaban J connectivity index is 0.000000129. The number of benzene rings is 12. The molecule has 0 saturated heterocycles. The van der Waals surface area contributed by atoms with Crippen molar-refractivity contribution in [2.24, 2.45) is 0 Å². The molecule has 2 aromatic heterocycles. The van der Waals surface area contributed by atoms with E-state index in [4.69, 9.17) is 24.9 Å². The summed E-state index contributed by atoms with van der Waals surface area (Å²) in [5.74, 6) is 3.95. The van der Waals surface area contributed by atoms with Crippen molar-refractivity contribution in [1.82, 2.24) is 29.9 Å². The van der Waals surface area contributed by atoms with Crippen LogP contribution in [0.25, 0.3) is 68.3 Å². The minimum atomic E-state index is 0.638. The summed E-state index contributed by atoms with van der Waals surface area (Å²) in [5.41, 5.74) is 18.2. The van der Waals surface area contributed by atoms with Crippen LogP contribution >= 0.6 is 15.9 Å². The first kappa shape index (κ1) is 55.2. The highest BCUT2D eigenvalue weighted by molar-refractivity contribution is 9.10. The third-order valence-electron chi connectivity index (χ3n) is 15.2. The van der Waals surface area contributed by atoms with Crippen molar-refractivity contribution >= 4 is 78.5 Å². The number of para-hydroxylation sites is 10. The zero-order valence-electron chi connectivity index (χ0n) is 48.1. The molecule has 0 radical (unpaired) electrons. The molecule has 10 nitrogen and oxygen atoms in total. The Labute approximate surface area is 525 Å². The van der Waals surface area contributed by atoms with Gasteiger partial charge in [0.1, 0.15) is 0 Å². The summed E-state index contributed by atoms with van der Waals surface area (Å²) in [6, 6.07) is 111. The second-order valence-electron chi connectivity index (χ2n) is 20.9. The monoisotopic (exact) mass is 1210 g/mol. The number of nitrogens with zero attached hydrogens (tertiary/aromatic N) is 9. The molecule has 0 spiro atoms. The predicted molar refractivity (Wildman–Crippen MR) is 367 cm³/mol. The van der Waals surface area contributed by atoms with Crippen LogP contribution in [0, 0.1) is 0 Å². The van der Waals surface area contributed by atoms with Crippen LogP contribution in [-0.4, -0.2) is 29.9 Å². The number of aromatic nitrogens is 6. The Morgan fingerprint density at radius 2 is 0.416 bits per heavy atom. The van der Waals surface area contributed by atoms with Gasteiger partial charge in [0.05, 0.1) is 45.5 Å². The maximum atomic E-state index is 4.91. The van der Waals surface area contributed by atoms with E-state index in [1.807, 2.05) is 152 Å². The molecule has 0 amide bonds. The summed E-state index contributed by atoms with van der Waals surface area (Å²) >= 11 is 3.47. The zero-order valence-corrected chi connectivity index (χ0v) is 49.7. The largest absolute Gasteiger partial charge is 0.352 e. The van der Waals surface area contributed by atoms with Gasteiger partial charge in [-0.05, 0) is 109 Å². The molecule has 11 heteroatoms. The van der Waals surface area contributed by atoms with Crippen LogP contribution < -0.4 is 20.0 Å². The van der Waals surface area contributed by atoms with E-state index in [2.05, 4.69) is 217 Å². The van der Waals surface area contributed by atoms with Gasteiger partial charge in [-0.2, -0.15) is 0 Å². The van der Waals surface area contributed by atoms with Gasteiger partial charge in [0.25, 0.3) is 0 Å². The van der Waals surface area contributed by atoms with Gasteiger partial charge in [-0.25, -0.2) is 29.9 Å². The average Bonchev–Trinajstić information content (AvgIpc) is 1.04. The number of rotatable bonds is 9. The summed E-state index contributed by atoms with van der Waals surface area (Å²) in [7, 11) is 0. The van der Waals surface area contributed by atoms with Crippen molar-refractivity contribution in [2.45, 2.75) is 0 Å². The summed E-state index contributed by atoms with van der Waals surface area (Å²) < 4.78 is 1.02. The van der Waals surface area contributed by atoms with Gasteiger partial charge in [-0.3, -0.25) is 0 Å². The fourth-order valence-corrected chi connectivity index (χ4v) is 11.3. The minimum absolute atomic E-state index is 0.638. The van der Waals surface area contributed by atoms with Crippen LogP contribution in [0.1, 0.15) is 0 Å². The van der Waals surface area contributed by atoms with Crippen molar-refractivity contribution in [3.63, 3.8) is 0 Å². The Morgan fingerprint density at radius 1 is 0.202 bits per heavy atom. The maximum absolute atomic E-state index is 4.91. The van der Waals surface area contributed by atoms with E-state index in [1.165, 1.54) is 17.1 Å². The maximum Gasteiger partial charge on any atom is 0.164 e. The van der Waals surface area contributed by atoms with E-state index in [1.54, 1.807) is 0 Å². The molecule has 0 fully saturated rings. The summed E-state index contributed by atoms with van der Waals surface area (Å²) in [4.78, 5) is 35.7. The minimum Gasteiger partial charge on any atom is -0.352 e. The predicted octanol–water partition coefficient (Wildman–Crippen LogP) is 21.0. The van der Waals surface area contributed by atoms with Crippen LogP contribution in [0.4, 0.5) is 62.6 Å². The van der Waals surface area contributed by atoms with E-state index < -0.39 is 0 Å². The van der Waals surface area contributed by atoms with E-state index >= 15 is 0 Å². The quantitative estimate of drug-likeness (QED) is 0.150. The molecule has 2 aliphatic heterocycles. The molecule has 0 atom stereocenters. The van der Waals surface area contributed by atoms with E-state index in [0.717, 1.165) is 83.4 Å². The average molecular weight is 1210 g/mol. The Morgan fingerprint density at radius 3 is 0.719 bits per heavy atom. The van der Waals surface area contributed by atoms with E-state index in [0.29, 0.717) is 34.9 Å². The lowest BCUT2D eigenvalue weighted by Crippen LogP contribution is -2.23. The molecule has 0 saturated carbocycles. The molecule has 0 bridgehead atoms. The zero-order chi connectivity index (χ0) is 59.7. The number of hydrogen-bond acceptors (Lipinski definition) is 10. The summed E-state index contributed by atoms with van der Waals surface area (Å²) in [6.45, 7) is 0. The lowest BCUT2D eigenvalue weighted by molar-refractivity contribution is 1.07. The fraction of sp³-hybridized carbons (Fsp3) is 0. The van der Waals surface area contributed by atoms with Crippen LogP contribution in [-0.2, 0) is 0 Å². The lowest BCUT2D eigenvalue weighted by atomic mass is 10.0. The second kappa shape index (κ2) is 25.5. The van der Waals surface area contributed by atoms with Gasteiger partial charge in [-0.15, -0.1) is 0 Å². The van der Waals surface area contributed by atoms with Gasteiger partial charge in [-0.1, -0.05) is 234 Å². The topological polar surface area (TPSA) is 99.1 Å². The molecule has 0 aliphatic carbocycles. The molecule has 12 aromatic carbocycles. The van der Waals surface area contributed by atoms with Crippen LogP contribution in [0.3, 0.4) is 0 Å². The van der Waals surface area contributed by atoms with Gasteiger partial charge >= 0.3 is 0 Å². The molecule has 2 aliphatic rings. The number of nitrogens with one attached hydrogen (secondary N) is 1. The number of anilines is 11. The molecule has 4 heterocycles. The SMILES string of the molecule is Brc1ccc(-c2nc(-c3ccccc3)nc(-c3ccccc3)n2)cc1.c1ccc(-c2nc(-c3ccccc3)nc(-c3ccc(N4c5ccccc5N(c5ccccc5)c5ccccc54)cc3)n2)cc1.c1ccc(N2c3ccccc3Nc3ccccc32)cc1. The summed E-state index contributed by atoms with van der Waals surface area (Å²) in [6.07, 6.45) is 0. The molecular formula is C78H55BrN10. The fourth-order valence-electron chi connectivity index (χ4n) is 11.0. The molecule has 16 rings (SSSR count). The van der Waals surface area contributed by atoms with Gasteiger partial charge in [0.2, 0.25) is 0 Å². The van der Waals surface area contributed by atoms with Gasteiger partial charge in [0.15, 0.2) is 34.9 Å². The number of fused-ring (bicyclic) bond motifs is 4. The van der Waals surface area contributed by atoms with Gasteiger partial charge < -0.3 is 20.0 Å². The first-order chi connectivity index (χ1) is 44.1. The van der Waals surface area contributed by atoms with Crippen molar-refractivity contribution in [1.29, 1.82) is 0 Å². The molecular weight excluding hydrogens is 1160 g/mol. The van der Waals surface area contributed by atoms with Crippen molar-refractivity contribution in [3.05, 3.63) is 332 Å². The Kier molecular flexibility index (Phi) is 15.8. The first-order valence-electron chi connectivity index (χ1n) is 29.3. The highest BCUT2D eigenvalue weighted by Gasteiger charge is 2.30. The standard InChI is InChI=1S/C39H27N5.C21H14BrN3.C18H14N2/c1-4-14-28(15-5-1)37-40-38(29-16-6-2-7-17-29)42-39(41-37)30-24-26-32(27-25-30)44-35-22-12-10-20-33(35)43(31-18-8-3-9-19-31)34-21-11-13-23-36(34)44;22-18-13-11-17(12-14-18)21-24-19(15-7-3-1-4-8-15)23-20(25-21)16-9-5-2-6-10-16;1-2-8-14(9-3-1)20-17-12-6-4-10-15(17)19-16-11-5-7-13-18(16)20/h1-27H;1-14H;1-13,19H. The molecule has 14 aromatic rings. The molecule has 424 valence electrons. The Bertz CT molecular complexity index is 4490. The highest BCUT2D eigenvalue weighted by atomic mass is 79.9. The summed E-state index contributed by atoms with van der Waals surface area (Å²) in [5, 5.41) is 3.50. The van der Waals surface area contributed by atoms with E-state index in [-0.39, 0.29) is 0 Å². The van der Waals surface area contributed by atoms with E-state index in [9.17, 15) is 0 Å². The number of hydrogen-bond donors (Lipinski definition) is 1. The smallest absolute Gasteiger partial charge is 0.164 e. The third kappa shape index (κ3) is 11.9. The van der Waals surface area contributed by atoms with Crippen molar-refractivity contribution in [2.75, 3.05) is 20.0 Å². The van der Waals surface area contributed by atoms with Crippen LogP contribution in [0.5, 0.6) is 0 Å². The molecule has 89 heavy (non-hydrogen) atoms. The van der Waals surface area contributed by atoms with Crippen LogP contribution in [0.15, 0.2) is 332 Å². The van der Waals surface area contributed by atoms with Crippen molar-refractivity contribution < 1.29 is 0 Å². The lowest BCUT2D eigenvalue weighted by Gasteiger charge is -2.40. The second-order valence-corrected chi connectivity index (χ2v) is 21.9. The molecule has 0 unspecified atom stereocenters. The van der Waals surface area contributed by atoms with Crippen LogP contribution in [0.2, 0.25) is 0 Å². The molecule has 1 N–H and O–H groups in total. The number of halogens is 1. The Hall–Kier alpha value is -11.7. The first-order valence-corrected chi connectivity index (χ1v) is 30.1. The highest BCUT2D eigenvalue weighted by Crippen LogP contribution is 2.54. The third-order valence-corrected chi connectivity index (χ3v) is 15.7. The van der Waals surface area contributed by atoms with Gasteiger partial charge in [0, 0.05) is 54.9 Å². The normalized spacial score (nSPS) is 11.7. The van der Waals surface area contributed by atoms with Crippen molar-refractivity contribution in [3.8, 4) is 68.3 Å².